The van der Waals surface area contributed by atoms with Crippen molar-refractivity contribution in [3.05, 3.63) is 22.3 Å². The summed E-state index contributed by atoms with van der Waals surface area (Å²) < 4.78 is 0.985. The SMILES string of the molecule is CC1CN(C)CCN1c1ncc(Br)cc1CCl. The van der Waals surface area contributed by atoms with E-state index >= 15 is 0 Å². The number of rotatable bonds is 2. The van der Waals surface area contributed by atoms with Gasteiger partial charge in [0.25, 0.3) is 0 Å². The number of aromatic nitrogens is 1. The molecule has 1 atom stereocenters. The molecule has 1 saturated heterocycles. The summed E-state index contributed by atoms with van der Waals surface area (Å²) in [5.74, 6) is 1.53. The van der Waals surface area contributed by atoms with Crippen LogP contribution in [0.2, 0.25) is 0 Å². The molecule has 0 aliphatic carbocycles. The Morgan fingerprint density at radius 3 is 2.94 bits per heavy atom. The van der Waals surface area contributed by atoms with Crippen LogP contribution >= 0.6 is 27.5 Å². The van der Waals surface area contributed by atoms with Crippen molar-refractivity contribution in [1.82, 2.24) is 9.88 Å². The third kappa shape index (κ3) is 2.92. The molecule has 0 aromatic carbocycles. The van der Waals surface area contributed by atoms with Crippen LogP contribution in [0, 0.1) is 0 Å². The van der Waals surface area contributed by atoms with Gasteiger partial charge in [0.05, 0.1) is 5.88 Å². The standard InChI is InChI=1S/C12H17BrClN3/c1-9-8-16(2)3-4-17(9)12-10(6-14)5-11(13)7-15-12/h5,7,9H,3-4,6,8H2,1-2H3. The number of hydrogen-bond acceptors (Lipinski definition) is 3. The molecule has 0 spiro atoms. The predicted molar refractivity (Wildman–Crippen MR) is 75.8 cm³/mol. The Bertz CT molecular complexity index is 399. The lowest BCUT2D eigenvalue weighted by Crippen LogP contribution is -2.51. The normalized spacial score (nSPS) is 21.9. The van der Waals surface area contributed by atoms with Crippen LogP contribution < -0.4 is 4.90 Å². The number of hydrogen-bond donors (Lipinski definition) is 0. The van der Waals surface area contributed by atoms with E-state index in [4.69, 9.17) is 11.6 Å². The van der Waals surface area contributed by atoms with Crippen molar-refractivity contribution < 1.29 is 0 Å². The highest BCUT2D eigenvalue weighted by molar-refractivity contribution is 9.10. The first kappa shape index (κ1) is 13.1. The number of piperazine rings is 1. The van der Waals surface area contributed by atoms with Crippen LogP contribution in [0.4, 0.5) is 5.82 Å². The third-order valence-corrected chi connectivity index (χ3v) is 3.88. The molecule has 0 N–H and O–H groups in total. The van der Waals surface area contributed by atoms with Crippen molar-refractivity contribution >= 4 is 33.3 Å². The van der Waals surface area contributed by atoms with Gasteiger partial charge >= 0.3 is 0 Å². The Labute approximate surface area is 116 Å². The first-order valence-corrected chi connectivity index (χ1v) is 7.10. The Balaban J connectivity index is 2.27. The zero-order valence-corrected chi connectivity index (χ0v) is 12.5. The van der Waals surface area contributed by atoms with Gasteiger partial charge in [-0.05, 0) is 36.0 Å². The first-order chi connectivity index (χ1) is 8.11. The Morgan fingerprint density at radius 2 is 2.29 bits per heavy atom. The maximum Gasteiger partial charge on any atom is 0.133 e. The van der Waals surface area contributed by atoms with E-state index in [1.165, 1.54) is 0 Å². The fraction of sp³-hybridized carbons (Fsp3) is 0.583. The van der Waals surface area contributed by atoms with Crippen LogP contribution in [0.3, 0.4) is 0 Å². The van der Waals surface area contributed by atoms with Crippen LogP contribution in [0.5, 0.6) is 0 Å². The van der Waals surface area contributed by atoms with Crippen molar-refractivity contribution in [2.24, 2.45) is 0 Å². The van der Waals surface area contributed by atoms with Crippen molar-refractivity contribution in [2.75, 3.05) is 31.6 Å². The molecular weight excluding hydrogens is 302 g/mol. The van der Waals surface area contributed by atoms with Crippen LogP contribution in [-0.2, 0) is 5.88 Å². The highest BCUT2D eigenvalue weighted by atomic mass is 79.9. The molecule has 1 aliphatic heterocycles. The molecule has 1 aromatic heterocycles. The second kappa shape index (κ2) is 5.55. The smallest absolute Gasteiger partial charge is 0.133 e. The number of alkyl halides is 1. The number of pyridine rings is 1. The summed E-state index contributed by atoms with van der Waals surface area (Å²) in [4.78, 5) is 9.22. The Kier molecular flexibility index (Phi) is 4.28. The highest BCUT2D eigenvalue weighted by Crippen LogP contribution is 2.26. The molecule has 0 bridgehead atoms. The average molecular weight is 319 g/mol. The molecule has 0 saturated carbocycles. The van der Waals surface area contributed by atoms with Gasteiger partial charge in [0.2, 0.25) is 0 Å². The summed E-state index contributed by atoms with van der Waals surface area (Å²) in [6.45, 7) is 5.39. The molecule has 1 aliphatic rings. The van der Waals surface area contributed by atoms with Gasteiger partial charge in [0.1, 0.15) is 5.82 Å². The monoisotopic (exact) mass is 317 g/mol. The number of likely N-dealkylation sites (N-methyl/N-ethyl adjacent to an activating group) is 1. The fourth-order valence-corrected chi connectivity index (χ4v) is 2.86. The van der Waals surface area contributed by atoms with Gasteiger partial charge < -0.3 is 9.80 Å². The maximum absolute atomic E-state index is 6.00. The number of halogens is 2. The molecule has 0 radical (unpaired) electrons. The summed E-state index contributed by atoms with van der Waals surface area (Å²) in [6, 6.07) is 2.53. The Hall–Kier alpha value is -0.320. The highest BCUT2D eigenvalue weighted by Gasteiger charge is 2.24. The van der Waals surface area contributed by atoms with E-state index in [0.29, 0.717) is 11.9 Å². The van der Waals surface area contributed by atoms with Crippen molar-refractivity contribution in [3.8, 4) is 0 Å². The lowest BCUT2D eigenvalue weighted by Gasteiger charge is -2.39. The van der Waals surface area contributed by atoms with Crippen LogP contribution in [0.1, 0.15) is 12.5 Å². The largest absolute Gasteiger partial charge is 0.351 e. The van der Waals surface area contributed by atoms with E-state index < -0.39 is 0 Å². The molecule has 17 heavy (non-hydrogen) atoms. The van der Waals surface area contributed by atoms with Crippen LogP contribution in [-0.4, -0.2) is 42.6 Å². The molecule has 2 rings (SSSR count). The second-order valence-electron chi connectivity index (χ2n) is 4.57. The van der Waals surface area contributed by atoms with Crippen LogP contribution in [0.25, 0.3) is 0 Å². The Morgan fingerprint density at radius 1 is 1.53 bits per heavy atom. The van der Waals surface area contributed by atoms with Gasteiger partial charge in [-0.25, -0.2) is 4.98 Å². The first-order valence-electron chi connectivity index (χ1n) is 5.77. The van der Waals surface area contributed by atoms with E-state index in [1.807, 2.05) is 6.20 Å². The lowest BCUT2D eigenvalue weighted by molar-refractivity contribution is 0.274. The average Bonchev–Trinajstić information content (AvgIpc) is 2.30. The molecule has 1 fully saturated rings. The molecule has 1 aromatic rings. The minimum absolute atomic E-state index is 0.476. The van der Waals surface area contributed by atoms with E-state index in [0.717, 1.165) is 35.5 Å². The third-order valence-electron chi connectivity index (χ3n) is 3.16. The molecule has 2 heterocycles. The van der Waals surface area contributed by atoms with Gasteiger partial charge in [0, 0.05) is 41.9 Å². The van der Waals surface area contributed by atoms with Crippen molar-refractivity contribution in [2.45, 2.75) is 18.8 Å². The van der Waals surface area contributed by atoms with Gasteiger partial charge in [-0.1, -0.05) is 0 Å². The van der Waals surface area contributed by atoms with Gasteiger partial charge in [-0.2, -0.15) is 0 Å². The number of nitrogens with zero attached hydrogens (tertiary/aromatic N) is 3. The van der Waals surface area contributed by atoms with Crippen LogP contribution in [0.15, 0.2) is 16.7 Å². The lowest BCUT2D eigenvalue weighted by atomic mass is 10.1. The molecular formula is C12H17BrClN3. The fourth-order valence-electron chi connectivity index (χ4n) is 2.29. The van der Waals surface area contributed by atoms with Gasteiger partial charge in [-0.3, -0.25) is 0 Å². The predicted octanol–water partition coefficient (Wildman–Crippen LogP) is 2.72. The van der Waals surface area contributed by atoms with E-state index in [-0.39, 0.29) is 0 Å². The maximum atomic E-state index is 6.00. The quantitative estimate of drug-likeness (QED) is 0.782. The summed E-state index contributed by atoms with van der Waals surface area (Å²) >= 11 is 9.44. The second-order valence-corrected chi connectivity index (χ2v) is 5.76. The zero-order valence-electron chi connectivity index (χ0n) is 10.2. The summed E-state index contributed by atoms with van der Waals surface area (Å²) in [5, 5.41) is 0. The topological polar surface area (TPSA) is 19.4 Å². The molecule has 0 amide bonds. The van der Waals surface area contributed by atoms with E-state index in [9.17, 15) is 0 Å². The van der Waals surface area contributed by atoms with E-state index in [1.54, 1.807) is 0 Å². The summed E-state index contributed by atoms with van der Waals surface area (Å²) in [7, 11) is 2.16. The minimum atomic E-state index is 0.476. The van der Waals surface area contributed by atoms with Crippen molar-refractivity contribution in [1.29, 1.82) is 0 Å². The van der Waals surface area contributed by atoms with Gasteiger partial charge in [-0.15, -0.1) is 11.6 Å². The van der Waals surface area contributed by atoms with Crippen molar-refractivity contribution in [3.63, 3.8) is 0 Å². The molecule has 5 heteroatoms. The number of anilines is 1. The summed E-state index contributed by atoms with van der Waals surface area (Å²) in [5.41, 5.74) is 1.09. The molecule has 3 nitrogen and oxygen atoms in total. The summed E-state index contributed by atoms with van der Waals surface area (Å²) in [6.07, 6.45) is 1.84. The van der Waals surface area contributed by atoms with E-state index in [2.05, 4.69) is 50.8 Å². The zero-order chi connectivity index (χ0) is 12.4. The van der Waals surface area contributed by atoms with Gasteiger partial charge in [0.15, 0.2) is 0 Å². The molecule has 94 valence electrons. The molecule has 1 unspecified atom stereocenters. The minimum Gasteiger partial charge on any atom is -0.351 e.